The highest BCUT2D eigenvalue weighted by atomic mass is 32.1. The molecule has 0 bridgehead atoms. The Hall–Kier alpha value is -2.19. The molecular formula is C23H32N4O3S. The summed E-state index contributed by atoms with van der Waals surface area (Å²) in [6.07, 6.45) is 8.43. The van der Waals surface area contributed by atoms with Crippen LogP contribution in [0.2, 0.25) is 0 Å². The summed E-state index contributed by atoms with van der Waals surface area (Å²) >= 11 is 1.51. The van der Waals surface area contributed by atoms with Gasteiger partial charge >= 0.3 is 0 Å². The molecule has 0 saturated carbocycles. The minimum absolute atomic E-state index is 0.0296. The van der Waals surface area contributed by atoms with E-state index in [2.05, 4.69) is 35.5 Å². The van der Waals surface area contributed by atoms with Crippen molar-refractivity contribution in [2.24, 2.45) is 5.92 Å². The van der Waals surface area contributed by atoms with E-state index in [1.54, 1.807) is 6.20 Å². The van der Waals surface area contributed by atoms with Gasteiger partial charge in [-0.15, -0.1) is 11.3 Å². The van der Waals surface area contributed by atoms with Gasteiger partial charge in [-0.25, -0.2) is 4.98 Å². The van der Waals surface area contributed by atoms with E-state index in [1.807, 2.05) is 10.3 Å². The second-order valence-corrected chi connectivity index (χ2v) is 9.81. The Bertz CT molecular complexity index is 879. The molecule has 2 aliphatic heterocycles. The van der Waals surface area contributed by atoms with Gasteiger partial charge in [-0.05, 0) is 42.7 Å². The Balaban J connectivity index is 1.52. The monoisotopic (exact) mass is 444 g/mol. The summed E-state index contributed by atoms with van der Waals surface area (Å²) in [5.41, 5.74) is 3.48. The van der Waals surface area contributed by atoms with Gasteiger partial charge < -0.3 is 20.6 Å². The van der Waals surface area contributed by atoms with Crippen molar-refractivity contribution in [1.82, 2.24) is 20.5 Å². The Labute approximate surface area is 187 Å². The molecule has 3 heterocycles. The van der Waals surface area contributed by atoms with Crippen LogP contribution in [0.3, 0.4) is 0 Å². The number of carbonyl (C=O) groups is 2. The average Bonchev–Trinajstić information content (AvgIpc) is 3.39. The smallest absolute Gasteiger partial charge is 0.243 e. The average molecular weight is 445 g/mol. The summed E-state index contributed by atoms with van der Waals surface area (Å²) in [6, 6.07) is -0.868. The molecule has 4 rings (SSSR count). The van der Waals surface area contributed by atoms with Crippen molar-refractivity contribution in [3.63, 3.8) is 0 Å². The SMILES string of the molecule is CCC(C)CC(=O)NC1CCC2=C3C(=CCC2)CC(C(=O)NCc2nccs2)N3C1O. The number of amides is 2. The van der Waals surface area contributed by atoms with Gasteiger partial charge in [-0.3, -0.25) is 9.59 Å². The number of aromatic nitrogens is 1. The zero-order valence-corrected chi connectivity index (χ0v) is 19.1. The number of nitrogens with one attached hydrogen (secondary N) is 2. The second-order valence-electron chi connectivity index (χ2n) is 8.83. The van der Waals surface area contributed by atoms with Crippen LogP contribution in [0.5, 0.6) is 0 Å². The van der Waals surface area contributed by atoms with Crippen LogP contribution >= 0.6 is 11.3 Å². The molecule has 1 aromatic heterocycles. The predicted molar refractivity (Wildman–Crippen MR) is 120 cm³/mol. The first-order valence-corrected chi connectivity index (χ1v) is 12.2. The highest BCUT2D eigenvalue weighted by Gasteiger charge is 2.46. The van der Waals surface area contributed by atoms with Crippen molar-refractivity contribution in [3.8, 4) is 0 Å². The number of carbonyl (C=O) groups excluding carboxylic acids is 2. The number of nitrogens with zero attached hydrogens (tertiary/aromatic N) is 2. The number of hydrogen-bond acceptors (Lipinski definition) is 6. The molecule has 3 N–H and O–H groups in total. The molecule has 4 unspecified atom stereocenters. The Morgan fingerprint density at radius 3 is 2.97 bits per heavy atom. The lowest BCUT2D eigenvalue weighted by molar-refractivity contribution is -0.130. The summed E-state index contributed by atoms with van der Waals surface area (Å²) in [6.45, 7) is 4.52. The van der Waals surface area contributed by atoms with E-state index in [4.69, 9.17) is 0 Å². The van der Waals surface area contributed by atoms with Crippen LogP contribution in [-0.4, -0.2) is 45.1 Å². The second kappa shape index (κ2) is 9.53. The van der Waals surface area contributed by atoms with Crippen molar-refractivity contribution in [3.05, 3.63) is 39.5 Å². The molecule has 1 aromatic rings. The molecule has 1 saturated heterocycles. The quantitative estimate of drug-likeness (QED) is 0.601. The van der Waals surface area contributed by atoms with Crippen molar-refractivity contribution >= 4 is 23.2 Å². The maximum Gasteiger partial charge on any atom is 0.243 e. The Morgan fingerprint density at radius 2 is 2.23 bits per heavy atom. The number of thiazole rings is 1. The molecule has 1 fully saturated rings. The molecule has 1 aliphatic carbocycles. The van der Waals surface area contributed by atoms with Crippen molar-refractivity contribution < 1.29 is 14.7 Å². The fourth-order valence-corrected chi connectivity index (χ4v) is 5.36. The molecule has 3 aliphatic rings. The molecular weight excluding hydrogens is 412 g/mol. The third-order valence-corrected chi connectivity index (χ3v) is 7.44. The van der Waals surface area contributed by atoms with Crippen LogP contribution < -0.4 is 10.6 Å². The van der Waals surface area contributed by atoms with Gasteiger partial charge in [0.2, 0.25) is 11.8 Å². The predicted octanol–water partition coefficient (Wildman–Crippen LogP) is 2.84. The van der Waals surface area contributed by atoms with Crippen LogP contribution in [-0.2, 0) is 16.1 Å². The van der Waals surface area contributed by atoms with Crippen molar-refractivity contribution in [1.29, 1.82) is 0 Å². The van der Waals surface area contributed by atoms with Crippen LogP contribution in [0.4, 0.5) is 0 Å². The largest absolute Gasteiger partial charge is 0.371 e. The molecule has 0 spiro atoms. The molecule has 8 heteroatoms. The normalized spacial score (nSPS) is 26.1. The fourth-order valence-electron chi connectivity index (χ4n) is 4.80. The first kappa shape index (κ1) is 22.0. The third kappa shape index (κ3) is 4.70. The topological polar surface area (TPSA) is 94.6 Å². The van der Waals surface area contributed by atoms with Crippen molar-refractivity contribution in [2.75, 3.05) is 0 Å². The minimum atomic E-state index is -0.923. The summed E-state index contributed by atoms with van der Waals surface area (Å²) in [5, 5.41) is 20.1. The zero-order valence-electron chi connectivity index (χ0n) is 18.3. The Kier molecular flexibility index (Phi) is 6.77. The molecule has 4 atom stereocenters. The standard InChI is InChI=1S/C23H32N4O3S/c1-3-14(2)11-19(28)26-17-8-7-15-5-4-6-16-12-18(27(21(15)16)23(17)30)22(29)25-13-20-24-9-10-31-20/h6,9-10,14,17-18,23,30H,3-5,7-8,11-13H2,1-2H3,(H,25,29)(H,26,28). The van der Waals surface area contributed by atoms with E-state index in [1.165, 1.54) is 16.9 Å². The number of allylic oxidation sites excluding steroid dienone is 3. The van der Waals surface area contributed by atoms with E-state index in [9.17, 15) is 14.7 Å². The van der Waals surface area contributed by atoms with Crippen LogP contribution in [0, 0.1) is 5.92 Å². The maximum absolute atomic E-state index is 13.1. The van der Waals surface area contributed by atoms with E-state index in [-0.39, 0.29) is 11.8 Å². The van der Waals surface area contributed by atoms with Gasteiger partial charge in [0, 0.05) is 30.1 Å². The van der Waals surface area contributed by atoms with Gasteiger partial charge in [0.05, 0.1) is 12.6 Å². The number of hydrogen-bond donors (Lipinski definition) is 3. The Morgan fingerprint density at radius 1 is 1.39 bits per heavy atom. The maximum atomic E-state index is 13.1. The van der Waals surface area contributed by atoms with Crippen LogP contribution in [0.15, 0.2) is 34.5 Å². The van der Waals surface area contributed by atoms with Gasteiger partial charge in [-0.1, -0.05) is 26.3 Å². The van der Waals surface area contributed by atoms with Gasteiger partial charge in [0.15, 0.2) is 0 Å². The first-order chi connectivity index (χ1) is 15.0. The summed E-state index contributed by atoms with van der Waals surface area (Å²) in [5.74, 6) is 0.168. The number of aliphatic hydroxyl groups is 1. The molecule has 168 valence electrons. The fraction of sp³-hybridized carbons (Fsp3) is 0.609. The van der Waals surface area contributed by atoms with Gasteiger partial charge in [-0.2, -0.15) is 0 Å². The minimum Gasteiger partial charge on any atom is -0.371 e. The van der Waals surface area contributed by atoms with E-state index in [0.29, 0.717) is 31.7 Å². The summed E-state index contributed by atoms with van der Waals surface area (Å²) < 4.78 is 0. The highest BCUT2D eigenvalue weighted by Crippen LogP contribution is 2.44. The lowest BCUT2D eigenvalue weighted by atomic mass is 9.92. The molecule has 7 nitrogen and oxygen atoms in total. The van der Waals surface area contributed by atoms with E-state index in [0.717, 1.165) is 42.0 Å². The van der Waals surface area contributed by atoms with Crippen molar-refractivity contribution in [2.45, 2.75) is 83.6 Å². The molecule has 2 amide bonds. The van der Waals surface area contributed by atoms with Crippen LogP contribution in [0.25, 0.3) is 0 Å². The summed E-state index contributed by atoms with van der Waals surface area (Å²) in [7, 11) is 0. The lowest BCUT2D eigenvalue weighted by Gasteiger charge is -2.35. The summed E-state index contributed by atoms with van der Waals surface area (Å²) in [4.78, 5) is 31.8. The highest BCUT2D eigenvalue weighted by molar-refractivity contribution is 7.09. The van der Waals surface area contributed by atoms with Gasteiger partial charge in [0.1, 0.15) is 17.3 Å². The van der Waals surface area contributed by atoms with E-state index < -0.39 is 18.3 Å². The molecule has 31 heavy (non-hydrogen) atoms. The zero-order chi connectivity index (χ0) is 22.0. The number of aliphatic hydroxyl groups excluding tert-OH is 1. The van der Waals surface area contributed by atoms with Crippen LogP contribution in [0.1, 0.15) is 63.8 Å². The van der Waals surface area contributed by atoms with E-state index >= 15 is 0 Å². The van der Waals surface area contributed by atoms with Gasteiger partial charge in [0.25, 0.3) is 0 Å². The first-order valence-electron chi connectivity index (χ1n) is 11.3. The third-order valence-electron chi connectivity index (χ3n) is 6.66. The molecule has 0 radical (unpaired) electrons. The molecule has 0 aromatic carbocycles. The lowest BCUT2D eigenvalue weighted by Crippen LogP contribution is -2.55. The number of rotatable bonds is 7.